The fraction of sp³-hybridized carbons (Fsp3) is 0.316. The Morgan fingerprint density at radius 3 is 3.04 bits per heavy atom. The van der Waals surface area contributed by atoms with E-state index in [-0.39, 0.29) is 5.41 Å². The third kappa shape index (κ3) is 2.78. The molecular weight excluding hydrogens is 344 g/mol. The SMILES string of the molecule is Cn1nc(OCC2(C)COC2)c2ccc(Nc3n[nH]c4cccnc34)cc21. The summed E-state index contributed by atoms with van der Waals surface area (Å²) in [5.41, 5.74) is 3.68. The number of hydrogen-bond acceptors (Lipinski definition) is 6. The number of fused-ring (bicyclic) bond motifs is 2. The van der Waals surface area contributed by atoms with Gasteiger partial charge in [0.2, 0.25) is 5.88 Å². The molecule has 5 rings (SSSR count). The number of aryl methyl sites for hydroxylation is 1. The maximum absolute atomic E-state index is 5.99. The van der Waals surface area contributed by atoms with Gasteiger partial charge in [0.15, 0.2) is 5.82 Å². The normalized spacial score (nSPS) is 15.8. The summed E-state index contributed by atoms with van der Waals surface area (Å²) in [7, 11) is 1.92. The topological polar surface area (TPSA) is 89.9 Å². The number of anilines is 2. The fourth-order valence-electron chi connectivity index (χ4n) is 3.26. The Balaban J connectivity index is 1.42. The van der Waals surface area contributed by atoms with E-state index in [1.54, 1.807) is 6.20 Å². The van der Waals surface area contributed by atoms with Crippen molar-refractivity contribution in [1.29, 1.82) is 0 Å². The van der Waals surface area contributed by atoms with Gasteiger partial charge in [-0.3, -0.25) is 14.8 Å². The summed E-state index contributed by atoms with van der Waals surface area (Å²) < 4.78 is 13.1. The number of nitrogens with zero attached hydrogens (tertiary/aromatic N) is 4. The van der Waals surface area contributed by atoms with Crippen LogP contribution in [0, 0.1) is 5.41 Å². The van der Waals surface area contributed by atoms with Crippen LogP contribution in [0.5, 0.6) is 5.88 Å². The van der Waals surface area contributed by atoms with Crippen LogP contribution >= 0.6 is 0 Å². The Bertz CT molecular complexity index is 1130. The van der Waals surface area contributed by atoms with Gasteiger partial charge in [-0.05, 0) is 30.3 Å². The van der Waals surface area contributed by atoms with Gasteiger partial charge in [-0.15, -0.1) is 5.10 Å². The minimum Gasteiger partial charge on any atom is -0.475 e. The fourth-order valence-corrected chi connectivity index (χ4v) is 3.26. The van der Waals surface area contributed by atoms with E-state index in [0.717, 1.165) is 40.8 Å². The molecular formula is C19H20N6O2. The molecule has 0 bridgehead atoms. The van der Waals surface area contributed by atoms with Crippen molar-refractivity contribution in [3.05, 3.63) is 36.5 Å². The molecule has 0 atom stereocenters. The number of rotatable bonds is 5. The molecule has 4 heterocycles. The molecule has 1 saturated heterocycles. The first-order valence-electron chi connectivity index (χ1n) is 8.85. The Hall–Kier alpha value is -3.13. The van der Waals surface area contributed by atoms with Crippen molar-refractivity contribution in [3.8, 4) is 5.88 Å². The monoisotopic (exact) mass is 364 g/mol. The number of benzene rings is 1. The van der Waals surface area contributed by atoms with Crippen molar-refractivity contribution in [2.75, 3.05) is 25.1 Å². The predicted octanol–water partition coefficient (Wildman–Crippen LogP) is 3.00. The number of pyridine rings is 1. The molecule has 0 amide bonds. The van der Waals surface area contributed by atoms with Crippen LogP contribution in [0.15, 0.2) is 36.5 Å². The van der Waals surface area contributed by atoms with E-state index >= 15 is 0 Å². The number of ether oxygens (including phenoxy) is 2. The first-order chi connectivity index (χ1) is 13.1. The molecule has 138 valence electrons. The van der Waals surface area contributed by atoms with E-state index in [1.165, 1.54) is 0 Å². The largest absolute Gasteiger partial charge is 0.475 e. The van der Waals surface area contributed by atoms with Crippen molar-refractivity contribution >= 4 is 33.4 Å². The number of hydrogen-bond donors (Lipinski definition) is 2. The zero-order valence-electron chi connectivity index (χ0n) is 15.2. The summed E-state index contributed by atoms with van der Waals surface area (Å²) in [6.07, 6.45) is 1.75. The molecule has 0 spiro atoms. The number of aromatic nitrogens is 5. The predicted molar refractivity (Wildman–Crippen MR) is 102 cm³/mol. The third-order valence-electron chi connectivity index (χ3n) is 4.86. The average molecular weight is 364 g/mol. The molecule has 0 unspecified atom stereocenters. The maximum atomic E-state index is 5.99. The zero-order chi connectivity index (χ0) is 18.4. The van der Waals surface area contributed by atoms with Crippen LogP contribution in [0.25, 0.3) is 21.9 Å². The molecule has 3 aromatic heterocycles. The van der Waals surface area contributed by atoms with Gasteiger partial charge in [0.05, 0.1) is 36.2 Å². The van der Waals surface area contributed by atoms with Gasteiger partial charge >= 0.3 is 0 Å². The van der Waals surface area contributed by atoms with E-state index in [1.807, 2.05) is 42.1 Å². The number of nitrogens with one attached hydrogen (secondary N) is 2. The van der Waals surface area contributed by atoms with Gasteiger partial charge in [0.25, 0.3) is 0 Å². The summed E-state index contributed by atoms with van der Waals surface area (Å²) >= 11 is 0. The molecule has 4 aromatic rings. The van der Waals surface area contributed by atoms with Gasteiger partial charge < -0.3 is 14.8 Å². The minimum atomic E-state index is 0.0827. The number of H-pyrrole nitrogens is 1. The molecule has 0 aliphatic carbocycles. The van der Waals surface area contributed by atoms with Crippen LogP contribution < -0.4 is 10.1 Å². The lowest BCUT2D eigenvalue weighted by Gasteiger charge is -2.37. The molecule has 8 nitrogen and oxygen atoms in total. The van der Waals surface area contributed by atoms with Crippen molar-refractivity contribution < 1.29 is 9.47 Å². The standard InChI is InChI=1S/C19H20N6O2/c1-19(9-26-10-19)11-27-18-13-6-5-12(8-15(13)25(2)24-18)21-17-16-14(22-23-17)4-3-7-20-16/h3-8H,9-11H2,1-2H3,(H2,21,22,23). The van der Waals surface area contributed by atoms with E-state index in [0.29, 0.717) is 18.3 Å². The van der Waals surface area contributed by atoms with Gasteiger partial charge in [-0.1, -0.05) is 6.92 Å². The van der Waals surface area contributed by atoms with Crippen LogP contribution in [-0.2, 0) is 11.8 Å². The van der Waals surface area contributed by atoms with Gasteiger partial charge in [0, 0.05) is 24.3 Å². The molecule has 0 radical (unpaired) electrons. The Labute approximate surface area is 155 Å². The highest BCUT2D eigenvalue weighted by atomic mass is 16.5. The van der Waals surface area contributed by atoms with E-state index in [4.69, 9.17) is 9.47 Å². The highest BCUT2D eigenvalue weighted by Crippen LogP contribution is 2.32. The highest BCUT2D eigenvalue weighted by molar-refractivity contribution is 5.91. The first-order valence-corrected chi connectivity index (χ1v) is 8.85. The minimum absolute atomic E-state index is 0.0827. The quantitative estimate of drug-likeness (QED) is 0.566. The molecule has 1 aromatic carbocycles. The molecule has 1 aliphatic heterocycles. The second-order valence-corrected chi connectivity index (χ2v) is 7.35. The summed E-state index contributed by atoms with van der Waals surface area (Å²) in [5, 5.41) is 16.1. The van der Waals surface area contributed by atoms with E-state index in [2.05, 4.69) is 32.5 Å². The molecule has 8 heteroatoms. The van der Waals surface area contributed by atoms with E-state index in [9.17, 15) is 0 Å². The smallest absolute Gasteiger partial charge is 0.240 e. The van der Waals surface area contributed by atoms with Crippen LogP contribution in [-0.4, -0.2) is 44.8 Å². The highest BCUT2D eigenvalue weighted by Gasteiger charge is 2.34. The summed E-state index contributed by atoms with van der Waals surface area (Å²) in [6, 6.07) is 9.87. The molecule has 1 fully saturated rings. The van der Waals surface area contributed by atoms with Gasteiger partial charge in [-0.25, -0.2) is 0 Å². The molecule has 1 aliphatic rings. The van der Waals surface area contributed by atoms with Crippen LogP contribution in [0.4, 0.5) is 11.5 Å². The Morgan fingerprint density at radius 2 is 2.22 bits per heavy atom. The first kappa shape index (κ1) is 16.1. The maximum Gasteiger partial charge on any atom is 0.240 e. The van der Waals surface area contributed by atoms with Gasteiger partial charge in [0.1, 0.15) is 5.52 Å². The van der Waals surface area contributed by atoms with Crippen LogP contribution in [0.3, 0.4) is 0 Å². The average Bonchev–Trinajstić information content (AvgIpc) is 3.20. The lowest BCUT2D eigenvalue weighted by atomic mass is 9.90. The Kier molecular flexibility index (Phi) is 3.54. The van der Waals surface area contributed by atoms with Crippen molar-refractivity contribution in [3.63, 3.8) is 0 Å². The van der Waals surface area contributed by atoms with Crippen LogP contribution in [0.2, 0.25) is 0 Å². The third-order valence-corrected chi connectivity index (χ3v) is 4.86. The Morgan fingerprint density at radius 1 is 1.33 bits per heavy atom. The lowest BCUT2D eigenvalue weighted by Crippen LogP contribution is -2.44. The molecule has 27 heavy (non-hydrogen) atoms. The van der Waals surface area contributed by atoms with Crippen molar-refractivity contribution in [2.45, 2.75) is 6.92 Å². The molecule has 0 saturated carbocycles. The second-order valence-electron chi connectivity index (χ2n) is 7.35. The summed E-state index contributed by atoms with van der Waals surface area (Å²) in [5.74, 6) is 1.35. The van der Waals surface area contributed by atoms with E-state index < -0.39 is 0 Å². The lowest BCUT2D eigenvalue weighted by molar-refractivity contribution is -0.120. The second kappa shape index (κ2) is 5.95. The van der Waals surface area contributed by atoms with Gasteiger partial charge in [-0.2, -0.15) is 5.10 Å². The van der Waals surface area contributed by atoms with Crippen LogP contribution in [0.1, 0.15) is 6.92 Å². The molecule has 2 N–H and O–H groups in total. The number of aromatic amines is 1. The van der Waals surface area contributed by atoms with Crippen molar-refractivity contribution in [2.24, 2.45) is 12.5 Å². The van der Waals surface area contributed by atoms with Crippen molar-refractivity contribution in [1.82, 2.24) is 25.0 Å². The summed E-state index contributed by atoms with van der Waals surface area (Å²) in [4.78, 5) is 4.38. The summed E-state index contributed by atoms with van der Waals surface area (Å²) in [6.45, 7) is 4.23. The zero-order valence-corrected chi connectivity index (χ0v) is 15.2.